The summed E-state index contributed by atoms with van der Waals surface area (Å²) in [4.78, 5) is 0. The number of halogens is 1. The van der Waals surface area contributed by atoms with Gasteiger partial charge in [0.1, 0.15) is 0 Å². The second-order valence-corrected chi connectivity index (χ2v) is 9.02. The van der Waals surface area contributed by atoms with Crippen LogP contribution >= 0.6 is 11.1 Å². The van der Waals surface area contributed by atoms with Crippen molar-refractivity contribution in [3.05, 3.63) is 60.1 Å². The Bertz CT molecular complexity index is 605. The average molecular weight is 339 g/mol. The maximum atomic E-state index is 6.09. The lowest BCUT2D eigenvalue weighted by molar-refractivity contribution is 0.157. The van der Waals surface area contributed by atoms with Crippen LogP contribution in [0.25, 0.3) is 0 Å². The van der Waals surface area contributed by atoms with Gasteiger partial charge in [-0.1, -0.05) is 43.9 Å². The molecule has 0 amide bonds. The van der Waals surface area contributed by atoms with Gasteiger partial charge in [-0.2, -0.15) is 11.1 Å². The van der Waals surface area contributed by atoms with Gasteiger partial charge in [0.2, 0.25) is 0 Å². The van der Waals surface area contributed by atoms with Gasteiger partial charge in [-0.15, -0.1) is 11.5 Å². The highest BCUT2D eigenvalue weighted by molar-refractivity contribution is 6.93. The summed E-state index contributed by atoms with van der Waals surface area (Å²) >= 11 is 6.09. The second-order valence-electron chi connectivity index (χ2n) is 7.45. The minimum absolute atomic E-state index is 0.542. The number of hydrogen-bond acceptors (Lipinski definition) is 0. The van der Waals surface area contributed by atoms with Crippen LogP contribution in [0, 0.1) is 41.4 Å². The Morgan fingerprint density at radius 2 is 1.52 bits per heavy atom. The van der Waals surface area contributed by atoms with Gasteiger partial charge in [0, 0.05) is 11.8 Å². The number of allylic oxidation sites excluding steroid dienone is 6. The lowest BCUT2D eigenvalue weighted by Crippen LogP contribution is -2.30. The summed E-state index contributed by atoms with van der Waals surface area (Å²) in [5, 5.41) is 0. The van der Waals surface area contributed by atoms with E-state index in [1.807, 2.05) is 0 Å². The predicted octanol–water partition coefficient (Wildman–Crippen LogP) is 5.34. The molecule has 6 unspecified atom stereocenters. The predicted molar refractivity (Wildman–Crippen MR) is 98.3 cm³/mol. The molecule has 4 aliphatic carbocycles. The summed E-state index contributed by atoms with van der Waals surface area (Å²) in [6.07, 6.45) is 13.4. The van der Waals surface area contributed by atoms with E-state index in [9.17, 15) is 0 Å². The molecule has 0 spiro atoms. The van der Waals surface area contributed by atoms with E-state index in [-0.39, 0.29) is 0 Å². The molecule has 0 aromatic carbocycles. The van der Waals surface area contributed by atoms with E-state index < -0.39 is 0 Å². The first-order chi connectivity index (χ1) is 11.3. The van der Waals surface area contributed by atoms with Gasteiger partial charge >= 0.3 is 0 Å². The monoisotopic (exact) mass is 338 g/mol. The van der Waals surface area contributed by atoms with Crippen LogP contribution in [-0.4, -0.2) is 8.83 Å². The molecule has 0 heterocycles. The van der Waals surface area contributed by atoms with E-state index in [1.54, 1.807) is 0 Å². The van der Waals surface area contributed by atoms with E-state index >= 15 is 0 Å². The highest BCUT2D eigenvalue weighted by Gasteiger charge is 2.52. The molecular weight excluding hydrogens is 316 g/mol. The van der Waals surface area contributed by atoms with Gasteiger partial charge in [0.25, 0.3) is 0 Å². The zero-order chi connectivity index (χ0) is 16.0. The zero-order valence-corrected chi connectivity index (χ0v) is 15.2. The van der Waals surface area contributed by atoms with Crippen molar-refractivity contribution < 1.29 is 0 Å². The van der Waals surface area contributed by atoms with Crippen LogP contribution in [-0.2, 0) is 0 Å². The van der Waals surface area contributed by atoms with Gasteiger partial charge in [0.15, 0.2) is 8.83 Å². The summed E-state index contributed by atoms with van der Waals surface area (Å²) < 4.78 is 0. The first-order valence-corrected chi connectivity index (χ1v) is 11.0. The quantitative estimate of drug-likeness (QED) is 0.275. The van der Waals surface area contributed by atoms with Crippen LogP contribution in [0.15, 0.2) is 60.1 Å². The smallest absolute Gasteiger partial charge is 0.171 e. The van der Waals surface area contributed by atoms with Crippen LogP contribution in [0.5, 0.6) is 0 Å². The highest BCUT2D eigenvalue weighted by atomic mass is 35.6. The third-order valence-corrected chi connectivity index (χ3v) is 7.73. The Morgan fingerprint density at radius 3 is 1.91 bits per heavy atom. The van der Waals surface area contributed by atoms with E-state index in [4.69, 9.17) is 11.1 Å². The molecule has 2 saturated carbocycles. The SMILES string of the molecule is C=C=C1CC2C=CC1C2C(CC[Si]Cl)C1C2C=CC1C(=C=C)C2. The molecule has 0 saturated heterocycles. The first-order valence-electron chi connectivity index (χ1n) is 8.76. The Morgan fingerprint density at radius 1 is 1.00 bits per heavy atom. The van der Waals surface area contributed by atoms with E-state index in [0.717, 1.165) is 23.8 Å². The molecule has 2 radical (unpaired) electrons. The van der Waals surface area contributed by atoms with Gasteiger partial charge in [-0.05, 0) is 59.6 Å². The highest BCUT2D eigenvalue weighted by Crippen LogP contribution is 2.60. The molecule has 0 nitrogen and oxygen atoms in total. The van der Waals surface area contributed by atoms with Crippen molar-refractivity contribution in [1.29, 1.82) is 0 Å². The van der Waals surface area contributed by atoms with E-state index in [0.29, 0.717) is 32.5 Å². The van der Waals surface area contributed by atoms with Crippen molar-refractivity contribution in [2.45, 2.75) is 25.3 Å². The largest absolute Gasteiger partial charge is 0.171 e. The number of rotatable bonds is 5. The fourth-order valence-electron chi connectivity index (χ4n) is 5.87. The molecule has 0 N–H and O–H groups in total. The first kappa shape index (κ1) is 15.5. The van der Waals surface area contributed by atoms with Crippen molar-refractivity contribution in [1.82, 2.24) is 0 Å². The topological polar surface area (TPSA) is 0 Å². The molecular formula is C21H23ClSi. The summed E-state index contributed by atoms with van der Waals surface area (Å²) in [6.45, 7) is 7.86. The minimum atomic E-state index is 0.542. The van der Waals surface area contributed by atoms with E-state index in [2.05, 4.69) is 48.9 Å². The van der Waals surface area contributed by atoms with Crippen LogP contribution in [0.2, 0.25) is 6.04 Å². The lowest BCUT2D eigenvalue weighted by Gasteiger charge is -2.35. The third kappa shape index (κ3) is 2.34. The maximum Gasteiger partial charge on any atom is 0.171 e. The van der Waals surface area contributed by atoms with Crippen LogP contribution in [0.1, 0.15) is 19.3 Å². The van der Waals surface area contributed by atoms with Crippen LogP contribution in [0.3, 0.4) is 0 Å². The zero-order valence-electron chi connectivity index (χ0n) is 13.5. The Balaban J connectivity index is 1.65. The van der Waals surface area contributed by atoms with Crippen molar-refractivity contribution in [2.24, 2.45) is 41.4 Å². The van der Waals surface area contributed by atoms with Gasteiger partial charge in [-0.25, -0.2) is 0 Å². The standard InChI is InChI=1S/C21H23ClSi/c1-3-13-11-15-5-7-17(13)20(15)19(9-10-23-22)21-16-6-8-18(21)14(4-2)12-16/h5-8,15-21H,1-2,9-12H2. The van der Waals surface area contributed by atoms with Crippen molar-refractivity contribution in [3.8, 4) is 0 Å². The van der Waals surface area contributed by atoms with E-state index in [1.165, 1.54) is 30.4 Å². The molecule has 6 atom stereocenters. The van der Waals surface area contributed by atoms with Gasteiger partial charge in [-0.3, -0.25) is 0 Å². The Hall–Kier alpha value is -0.973. The molecule has 4 rings (SSSR count). The summed E-state index contributed by atoms with van der Waals surface area (Å²) in [6, 6.07) is 1.15. The van der Waals surface area contributed by atoms with Gasteiger partial charge < -0.3 is 0 Å². The molecule has 0 aromatic heterocycles. The van der Waals surface area contributed by atoms with Crippen molar-refractivity contribution >= 4 is 19.9 Å². The third-order valence-electron chi connectivity index (χ3n) is 6.68. The molecule has 0 aromatic rings. The average Bonchev–Trinajstić information content (AvgIpc) is 3.34. The minimum Gasteiger partial charge on any atom is -0.171 e. The Labute approximate surface area is 146 Å². The molecule has 23 heavy (non-hydrogen) atoms. The molecule has 0 aliphatic heterocycles. The molecule has 2 fully saturated rings. The number of fused-ring (bicyclic) bond motifs is 4. The molecule has 2 heteroatoms. The summed E-state index contributed by atoms with van der Waals surface area (Å²) in [5.41, 5.74) is 9.35. The van der Waals surface area contributed by atoms with Crippen LogP contribution in [0.4, 0.5) is 0 Å². The molecule has 4 aliphatic rings. The van der Waals surface area contributed by atoms with Crippen LogP contribution < -0.4 is 0 Å². The fourth-order valence-corrected chi connectivity index (χ4v) is 6.64. The van der Waals surface area contributed by atoms with Crippen molar-refractivity contribution in [2.75, 3.05) is 0 Å². The summed E-state index contributed by atoms with van der Waals surface area (Å²) in [7, 11) is 0.542. The molecule has 4 bridgehead atoms. The van der Waals surface area contributed by atoms with Crippen molar-refractivity contribution in [3.63, 3.8) is 0 Å². The second kappa shape index (κ2) is 6.15. The van der Waals surface area contributed by atoms with Gasteiger partial charge in [0.05, 0.1) is 0 Å². The molecule has 118 valence electrons. The maximum absolute atomic E-state index is 6.09. The summed E-state index contributed by atoms with van der Waals surface area (Å²) in [5.74, 6) is 4.79. The normalized spacial score (nSPS) is 40.7. The number of hydrogen-bond donors (Lipinski definition) is 0. The fraction of sp³-hybridized carbons (Fsp3) is 0.524. The lowest BCUT2D eigenvalue weighted by atomic mass is 9.69. The Kier molecular flexibility index (Phi) is 4.16.